The molecule has 0 bridgehead atoms. The molecule has 40 heavy (non-hydrogen) atoms. The summed E-state index contributed by atoms with van der Waals surface area (Å²) >= 11 is 0. The first-order valence-electron chi connectivity index (χ1n) is 13.6. The van der Waals surface area contributed by atoms with Gasteiger partial charge in [-0.1, -0.05) is 56.8 Å². The van der Waals surface area contributed by atoms with Gasteiger partial charge in [0.15, 0.2) is 0 Å². The molecule has 0 fully saturated rings. The number of nitrogens with zero attached hydrogens (tertiary/aromatic N) is 1. The van der Waals surface area contributed by atoms with Crippen molar-refractivity contribution in [1.82, 2.24) is 0 Å². The second kappa shape index (κ2) is 15.9. The molecule has 3 aromatic carbocycles. The fraction of sp³-hybridized carbons (Fsp3) is 0.303. The van der Waals surface area contributed by atoms with Crippen LogP contribution in [0.4, 0.5) is 17.1 Å². The number of rotatable bonds is 15. The SMILES string of the molecule is C=CC(=O)OCCc1ccc(N(c2ccc(CCOC(=O)CC)cc2)c2ccc(CCOC(=O)CC)cc2)cc1. The number of benzene rings is 3. The third-order valence-electron chi connectivity index (χ3n) is 6.27. The molecular formula is C33H37NO6. The van der Waals surface area contributed by atoms with E-state index < -0.39 is 5.97 Å². The summed E-state index contributed by atoms with van der Waals surface area (Å²) in [5, 5.41) is 0. The molecule has 3 aromatic rings. The standard InChI is InChI=1S/C33H37NO6/c1-4-31(35)38-22-19-25-7-13-28(14-8-25)34(29-15-9-26(10-16-29)20-23-39-32(36)5-2)30-17-11-27(12-18-30)21-24-40-33(37)6-3/h4,7-18H,1,5-6,19-24H2,2-3H3. The lowest BCUT2D eigenvalue weighted by atomic mass is 10.1. The van der Waals surface area contributed by atoms with Crippen LogP contribution in [0.2, 0.25) is 0 Å². The van der Waals surface area contributed by atoms with Crippen molar-refractivity contribution in [1.29, 1.82) is 0 Å². The monoisotopic (exact) mass is 543 g/mol. The lowest BCUT2D eigenvalue weighted by molar-refractivity contribution is -0.144. The van der Waals surface area contributed by atoms with Gasteiger partial charge in [0.2, 0.25) is 0 Å². The smallest absolute Gasteiger partial charge is 0.330 e. The van der Waals surface area contributed by atoms with Crippen LogP contribution in [0.15, 0.2) is 85.5 Å². The van der Waals surface area contributed by atoms with E-state index >= 15 is 0 Å². The normalized spacial score (nSPS) is 10.4. The van der Waals surface area contributed by atoms with Gasteiger partial charge in [-0.3, -0.25) is 9.59 Å². The molecule has 0 amide bonds. The maximum atomic E-state index is 11.4. The summed E-state index contributed by atoms with van der Waals surface area (Å²) in [7, 11) is 0. The second-order valence-corrected chi connectivity index (χ2v) is 9.10. The topological polar surface area (TPSA) is 82.1 Å². The molecule has 0 aliphatic heterocycles. The summed E-state index contributed by atoms with van der Waals surface area (Å²) in [6.07, 6.45) is 3.80. The number of carbonyl (C=O) groups is 3. The summed E-state index contributed by atoms with van der Waals surface area (Å²) in [6, 6.07) is 24.5. The van der Waals surface area contributed by atoms with Gasteiger partial charge in [-0.2, -0.15) is 0 Å². The molecule has 0 heterocycles. The van der Waals surface area contributed by atoms with E-state index in [4.69, 9.17) is 14.2 Å². The maximum absolute atomic E-state index is 11.4. The van der Waals surface area contributed by atoms with Crippen LogP contribution in [0, 0.1) is 0 Å². The molecule has 3 rings (SSSR count). The average molecular weight is 544 g/mol. The number of esters is 3. The fourth-order valence-electron chi connectivity index (χ4n) is 3.98. The first-order chi connectivity index (χ1) is 19.4. The van der Waals surface area contributed by atoms with Crippen molar-refractivity contribution in [2.24, 2.45) is 0 Å². The van der Waals surface area contributed by atoms with Crippen LogP contribution < -0.4 is 4.90 Å². The van der Waals surface area contributed by atoms with Crippen LogP contribution in [0.1, 0.15) is 43.4 Å². The van der Waals surface area contributed by atoms with Crippen LogP contribution in [-0.4, -0.2) is 37.7 Å². The molecule has 0 atom stereocenters. The van der Waals surface area contributed by atoms with Crippen LogP contribution in [0.25, 0.3) is 0 Å². The molecule has 7 nitrogen and oxygen atoms in total. The maximum Gasteiger partial charge on any atom is 0.330 e. The molecule has 7 heteroatoms. The average Bonchev–Trinajstić information content (AvgIpc) is 2.99. The Morgan fingerprint density at radius 3 is 1.23 bits per heavy atom. The van der Waals surface area contributed by atoms with E-state index in [-0.39, 0.29) is 18.5 Å². The number of hydrogen-bond donors (Lipinski definition) is 0. The molecule has 0 saturated carbocycles. The number of hydrogen-bond acceptors (Lipinski definition) is 7. The summed E-state index contributed by atoms with van der Waals surface area (Å²) in [5.41, 5.74) is 6.14. The second-order valence-electron chi connectivity index (χ2n) is 9.10. The van der Waals surface area contributed by atoms with E-state index in [0.29, 0.717) is 45.3 Å². The zero-order valence-electron chi connectivity index (χ0n) is 23.3. The minimum atomic E-state index is -0.429. The van der Waals surface area contributed by atoms with Crippen molar-refractivity contribution in [2.45, 2.75) is 46.0 Å². The Balaban J connectivity index is 1.78. The minimum absolute atomic E-state index is 0.197. The number of carbonyl (C=O) groups excluding carboxylic acids is 3. The fourth-order valence-corrected chi connectivity index (χ4v) is 3.98. The molecule has 0 aliphatic carbocycles. The Labute approximate surface area is 236 Å². The van der Waals surface area contributed by atoms with Crippen molar-refractivity contribution in [3.63, 3.8) is 0 Å². The molecule has 0 spiro atoms. The summed E-state index contributed by atoms with van der Waals surface area (Å²) in [4.78, 5) is 36.3. The van der Waals surface area contributed by atoms with Crippen LogP contribution in [0.5, 0.6) is 0 Å². The van der Waals surface area contributed by atoms with Gasteiger partial charge in [0.25, 0.3) is 0 Å². The predicted molar refractivity (Wildman–Crippen MR) is 156 cm³/mol. The first-order valence-corrected chi connectivity index (χ1v) is 13.6. The highest BCUT2D eigenvalue weighted by molar-refractivity contribution is 5.81. The Morgan fingerprint density at radius 2 is 0.925 bits per heavy atom. The molecule has 0 aliphatic rings. The van der Waals surface area contributed by atoms with E-state index in [2.05, 4.69) is 35.7 Å². The molecule has 0 unspecified atom stereocenters. The highest BCUT2D eigenvalue weighted by Crippen LogP contribution is 2.35. The third kappa shape index (κ3) is 9.42. The summed E-state index contributed by atoms with van der Waals surface area (Å²) < 4.78 is 15.5. The third-order valence-corrected chi connectivity index (χ3v) is 6.27. The quantitative estimate of drug-likeness (QED) is 0.124. The van der Waals surface area contributed by atoms with Crippen LogP contribution >= 0.6 is 0 Å². The van der Waals surface area contributed by atoms with Crippen molar-refractivity contribution in [2.75, 3.05) is 24.7 Å². The highest BCUT2D eigenvalue weighted by Gasteiger charge is 2.13. The van der Waals surface area contributed by atoms with Crippen molar-refractivity contribution < 1.29 is 28.6 Å². The van der Waals surface area contributed by atoms with Crippen molar-refractivity contribution in [3.8, 4) is 0 Å². The molecule has 210 valence electrons. The number of ether oxygens (including phenoxy) is 3. The Morgan fingerprint density at radius 1 is 0.600 bits per heavy atom. The van der Waals surface area contributed by atoms with Gasteiger partial charge in [-0.15, -0.1) is 0 Å². The molecule has 0 radical (unpaired) electrons. The minimum Gasteiger partial charge on any atom is -0.465 e. The summed E-state index contributed by atoms with van der Waals surface area (Å²) in [5.74, 6) is -0.823. The predicted octanol–water partition coefficient (Wildman–Crippen LogP) is 6.42. The lowest BCUT2D eigenvalue weighted by Crippen LogP contribution is -2.11. The van der Waals surface area contributed by atoms with Crippen LogP contribution in [-0.2, 0) is 47.9 Å². The highest BCUT2D eigenvalue weighted by atomic mass is 16.5. The van der Waals surface area contributed by atoms with E-state index in [1.807, 2.05) is 48.5 Å². The Hall–Kier alpha value is -4.39. The largest absolute Gasteiger partial charge is 0.465 e. The van der Waals surface area contributed by atoms with Crippen molar-refractivity contribution in [3.05, 3.63) is 102 Å². The molecule has 0 saturated heterocycles. The number of anilines is 3. The molecule has 0 aromatic heterocycles. The van der Waals surface area contributed by atoms with Gasteiger partial charge >= 0.3 is 17.9 Å². The van der Waals surface area contributed by atoms with Gasteiger partial charge in [-0.25, -0.2) is 4.79 Å². The summed E-state index contributed by atoms with van der Waals surface area (Å²) in [6.45, 7) is 7.98. The van der Waals surface area contributed by atoms with Gasteiger partial charge in [-0.05, 0) is 53.1 Å². The Kier molecular flexibility index (Phi) is 12.0. The van der Waals surface area contributed by atoms with Gasteiger partial charge < -0.3 is 19.1 Å². The lowest BCUT2D eigenvalue weighted by Gasteiger charge is -2.26. The van der Waals surface area contributed by atoms with Gasteiger partial charge in [0, 0.05) is 55.2 Å². The molecular weight excluding hydrogens is 506 g/mol. The van der Waals surface area contributed by atoms with E-state index in [0.717, 1.165) is 39.8 Å². The van der Waals surface area contributed by atoms with E-state index in [9.17, 15) is 14.4 Å². The molecule has 0 N–H and O–H groups in total. The van der Waals surface area contributed by atoms with Crippen LogP contribution in [0.3, 0.4) is 0 Å². The van der Waals surface area contributed by atoms with E-state index in [1.165, 1.54) is 0 Å². The zero-order chi connectivity index (χ0) is 28.7. The zero-order valence-corrected chi connectivity index (χ0v) is 23.3. The van der Waals surface area contributed by atoms with Gasteiger partial charge in [0.1, 0.15) is 0 Å². The van der Waals surface area contributed by atoms with Gasteiger partial charge in [0.05, 0.1) is 19.8 Å². The Bertz CT molecular complexity index is 1180. The first kappa shape index (κ1) is 30.2. The van der Waals surface area contributed by atoms with E-state index in [1.54, 1.807) is 13.8 Å². The van der Waals surface area contributed by atoms with Crippen molar-refractivity contribution >= 4 is 35.0 Å².